The van der Waals surface area contributed by atoms with Gasteiger partial charge in [0.05, 0.1) is 23.2 Å². The van der Waals surface area contributed by atoms with Gasteiger partial charge in [-0.1, -0.05) is 6.92 Å². The Labute approximate surface area is 204 Å². The Kier molecular flexibility index (Phi) is 6.04. The maximum Gasteiger partial charge on any atom is 0.341 e. The van der Waals surface area contributed by atoms with Gasteiger partial charge in [0.25, 0.3) is 5.91 Å². The quantitative estimate of drug-likeness (QED) is 0.579. The molecule has 1 aromatic heterocycles. The highest BCUT2D eigenvalue weighted by Crippen LogP contribution is 2.62. The summed E-state index contributed by atoms with van der Waals surface area (Å²) < 4.78 is 11.0. The lowest BCUT2D eigenvalue weighted by Crippen LogP contribution is -2.59. The monoisotopic (exact) mass is 489 g/mol. The molecular formula is C26H35NO6S. The van der Waals surface area contributed by atoms with E-state index in [1.54, 1.807) is 13.8 Å². The molecule has 0 aromatic carbocycles. The van der Waals surface area contributed by atoms with Crippen LogP contribution in [0, 0.1) is 23.2 Å². The molecule has 1 amide bonds. The summed E-state index contributed by atoms with van der Waals surface area (Å²) in [6.45, 7) is 5.78. The van der Waals surface area contributed by atoms with Gasteiger partial charge in [-0.3, -0.25) is 9.59 Å². The smallest absolute Gasteiger partial charge is 0.341 e. The van der Waals surface area contributed by atoms with E-state index < -0.39 is 29.0 Å². The number of aliphatic hydroxyl groups is 1. The van der Waals surface area contributed by atoms with Crippen LogP contribution in [0.25, 0.3) is 0 Å². The molecule has 0 spiro atoms. The predicted molar refractivity (Wildman–Crippen MR) is 128 cm³/mol. The van der Waals surface area contributed by atoms with Crippen molar-refractivity contribution in [1.82, 2.24) is 0 Å². The van der Waals surface area contributed by atoms with Crippen molar-refractivity contribution in [3.63, 3.8) is 0 Å². The number of nitrogens with one attached hydrogen (secondary N) is 1. The first-order chi connectivity index (χ1) is 16.1. The van der Waals surface area contributed by atoms with E-state index in [4.69, 9.17) is 9.47 Å². The Morgan fingerprint density at radius 3 is 2.56 bits per heavy atom. The third-order valence-corrected chi connectivity index (χ3v) is 9.51. The molecule has 0 saturated heterocycles. The lowest BCUT2D eigenvalue weighted by molar-refractivity contribution is -0.199. The molecule has 1 aromatic rings. The number of hydrogen-bond donors (Lipinski definition) is 2. The molecule has 4 saturated carbocycles. The summed E-state index contributed by atoms with van der Waals surface area (Å²) in [5.74, 6) is 0.00223. The van der Waals surface area contributed by atoms with Gasteiger partial charge in [-0.15, -0.1) is 11.3 Å². The second kappa shape index (κ2) is 8.63. The van der Waals surface area contributed by atoms with Crippen LogP contribution in [0.3, 0.4) is 0 Å². The van der Waals surface area contributed by atoms with E-state index >= 15 is 0 Å². The van der Waals surface area contributed by atoms with E-state index in [-0.39, 0.29) is 12.6 Å². The summed E-state index contributed by atoms with van der Waals surface area (Å²) in [5.41, 5.74) is -0.0231. The Morgan fingerprint density at radius 1 is 1.21 bits per heavy atom. The first-order valence-electron chi connectivity index (χ1n) is 12.7. The highest BCUT2D eigenvalue weighted by molar-refractivity contribution is 7.17. The minimum absolute atomic E-state index is 0.262. The number of ether oxygens (including phenoxy) is 2. The summed E-state index contributed by atoms with van der Waals surface area (Å²) in [6, 6.07) is 0. The van der Waals surface area contributed by atoms with Gasteiger partial charge < -0.3 is 19.9 Å². The van der Waals surface area contributed by atoms with Crippen LogP contribution in [-0.2, 0) is 31.9 Å². The van der Waals surface area contributed by atoms with E-state index in [0.29, 0.717) is 34.7 Å². The zero-order chi connectivity index (χ0) is 24.3. The Balaban J connectivity index is 1.30. The van der Waals surface area contributed by atoms with Crippen molar-refractivity contribution in [3.8, 4) is 0 Å². The van der Waals surface area contributed by atoms with E-state index in [1.165, 1.54) is 11.3 Å². The number of anilines is 1. The number of amides is 1. The number of carbonyl (C=O) groups is 3. The van der Waals surface area contributed by atoms with Crippen LogP contribution in [0.1, 0.15) is 86.5 Å². The molecule has 5 aliphatic rings. The lowest BCUT2D eigenvalue weighted by atomic mass is 9.48. The van der Waals surface area contributed by atoms with Crippen LogP contribution in [0.4, 0.5) is 5.00 Å². The highest BCUT2D eigenvalue weighted by Gasteiger charge is 2.61. The fraction of sp³-hybridized carbons (Fsp3) is 0.731. The van der Waals surface area contributed by atoms with Crippen molar-refractivity contribution in [1.29, 1.82) is 0 Å². The molecule has 6 rings (SSSR count). The predicted octanol–water partition coefficient (Wildman–Crippen LogP) is 4.25. The summed E-state index contributed by atoms with van der Waals surface area (Å²) >= 11 is 1.42. The zero-order valence-corrected chi connectivity index (χ0v) is 21.1. The van der Waals surface area contributed by atoms with Gasteiger partial charge >= 0.3 is 11.9 Å². The maximum atomic E-state index is 13.3. The number of rotatable bonds is 6. The molecule has 34 heavy (non-hydrogen) atoms. The third kappa shape index (κ3) is 4.17. The fourth-order valence-electron chi connectivity index (χ4n) is 7.26. The number of fused-ring (bicyclic) bond motifs is 1. The van der Waals surface area contributed by atoms with Crippen LogP contribution in [0.5, 0.6) is 0 Å². The summed E-state index contributed by atoms with van der Waals surface area (Å²) in [4.78, 5) is 40.2. The second-order valence-electron chi connectivity index (χ2n) is 11.3. The van der Waals surface area contributed by atoms with Crippen LogP contribution in [-0.4, -0.2) is 41.3 Å². The van der Waals surface area contributed by atoms with Gasteiger partial charge in [0.2, 0.25) is 0 Å². The van der Waals surface area contributed by atoms with E-state index in [9.17, 15) is 19.5 Å². The first kappa shape index (κ1) is 23.8. The topological polar surface area (TPSA) is 102 Å². The average Bonchev–Trinajstić information content (AvgIpc) is 3.08. The largest absolute Gasteiger partial charge is 0.462 e. The van der Waals surface area contributed by atoms with Crippen molar-refractivity contribution < 1.29 is 29.0 Å². The molecule has 0 radical (unpaired) electrons. The number of thiophene rings is 1. The molecule has 4 bridgehead atoms. The molecule has 5 aliphatic carbocycles. The highest BCUT2D eigenvalue weighted by atomic mass is 32.1. The van der Waals surface area contributed by atoms with Gasteiger partial charge in [0.1, 0.15) is 5.00 Å². The van der Waals surface area contributed by atoms with Crippen LogP contribution in [0.2, 0.25) is 0 Å². The molecular weight excluding hydrogens is 454 g/mol. The van der Waals surface area contributed by atoms with E-state index in [1.807, 2.05) is 0 Å². The van der Waals surface area contributed by atoms with Gasteiger partial charge in [0, 0.05) is 4.88 Å². The van der Waals surface area contributed by atoms with Gasteiger partial charge in [-0.25, -0.2) is 4.79 Å². The molecule has 4 fully saturated rings. The number of hydrogen-bond acceptors (Lipinski definition) is 7. The Bertz CT molecular complexity index is 1000. The summed E-state index contributed by atoms with van der Waals surface area (Å²) in [7, 11) is 0. The Hall–Kier alpha value is -1.93. The lowest BCUT2D eigenvalue weighted by Gasteiger charge is -2.58. The van der Waals surface area contributed by atoms with Gasteiger partial charge in [0.15, 0.2) is 6.10 Å². The van der Waals surface area contributed by atoms with Crippen molar-refractivity contribution in [2.75, 3.05) is 11.9 Å². The maximum absolute atomic E-state index is 13.3. The average molecular weight is 490 g/mol. The SMILES string of the molecule is CCOC(=O)c1c(NC(=O)C(C)OC(=O)C23CC4CC(CC(O)(C4)C2)C3)sc2c1CCC(C)C2. The minimum Gasteiger partial charge on any atom is -0.462 e. The van der Waals surface area contributed by atoms with Crippen LogP contribution in [0.15, 0.2) is 0 Å². The van der Waals surface area contributed by atoms with Crippen LogP contribution < -0.4 is 5.32 Å². The molecule has 7 nitrogen and oxygen atoms in total. The zero-order valence-electron chi connectivity index (χ0n) is 20.3. The minimum atomic E-state index is -0.997. The van der Waals surface area contributed by atoms with E-state index in [2.05, 4.69) is 12.2 Å². The molecule has 2 N–H and O–H groups in total. The molecule has 0 aliphatic heterocycles. The fourth-order valence-corrected chi connectivity index (χ4v) is 8.67. The number of carbonyl (C=O) groups excluding carboxylic acids is 3. The third-order valence-electron chi connectivity index (χ3n) is 8.34. The number of esters is 2. The normalized spacial score (nSPS) is 34.3. The van der Waals surface area contributed by atoms with Crippen LogP contribution >= 0.6 is 11.3 Å². The van der Waals surface area contributed by atoms with Gasteiger partial charge in [-0.2, -0.15) is 0 Å². The molecule has 8 heteroatoms. The Morgan fingerprint density at radius 2 is 1.91 bits per heavy atom. The van der Waals surface area contributed by atoms with Crippen molar-refractivity contribution in [2.24, 2.45) is 23.2 Å². The summed E-state index contributed by atoms with van der Waals surface area (Å²) in [6.07, 6.45) is 6.19. The van der Waals surface area contributed by atoms with Gasteiger partial charge in [-0.05, 0) is 95.0 Å². The molecule has 4 atom stereocenters. The molecule has 186 valence electrons. The van der Waals surface area contributed by atoms with Crippen molar-refractivity contribution in [2.45, 2.75) is 90.3 Å². The molecule has 4 unspecified atom stereocenters. The van der Waals surface area contributed by atoms with E-state index in [0.717, 1.165) is 61.8 Å². The summed E-state index contributed by atoms with van der Waals surface area (Å²) in [5, 5.41) is 14.3. The molecule has 1 heterocycles. The first-order valence-corrected chi connectivity index (χ1v) is 13.5. The second-order valence-corrected chi connectivity index (χ2v) is 12.4. The standard InChI is InChI=1S/C26H35NO6S/c1-4-32-23(29)20-18-6-5-14(2)7-19(18)34-22(20)27-21(28)15(3)33-24(30)25-9-16-8-17(10-25)12-26(31,11-16)13-25/h14-17,31H,4-13H2,1-3H3,(H,27,28). The van der Waals surface area contributed by atoms with Crippen molar-refractivity contribution >= 4 is 34.2 Å². The van der Waals surface area contributed by atoms with Crippen molar-refractivity contribution in [3.05, 3.63) is 16.0 Å².